The zero-order chi connectivity index (χ0) is 13.5. The number of ether oxygens (including phenoxy) is 1. The topological polar surface area (TPSA) is 54.5 Å². The van der Waals surface area contributed by atoms with E-state index in [0.29, 0.717) is 12.3 Å². The summed E-state index contributed by atoms with van der Waals surface area (Å²) in [5, 5.41) is 3.14. The fourth-order valence-corrected chi connectivity index (χ4v) is 1.56. The summed E-state index contributed by atoms with van der Waals surface area (Å²) in [6.07, 6.45) is 1.67. The molecule has 1 atom stereocenters. The summed E-state index contributed by atoms with van der Waals surface area (Å²) in [4.78, 5) is 17.9. The maximum atomic E-state index is 12.1. The molecule has 0 aliphatic heterocycles. The van der Waals surface area contributed by atoms with Crippen molar-refractivity contribution in [3.63, 3.8) is 0 Å². The molecule has 1 unspecified atom stereocenters. The Balaban J connectivity index is 2.71. The third-order valence-electron chi connectivity index (χ3n) is 2.75. The van der Waals surface area contributed by atoms with Crippen LogP contribution in [0, 0.1) is 0 Å². The number of methoxy groups -OCH3 is 1. The highest BCUT2D eigenvalue weighted by Crippen LogP contribution is 2.09. The Bertz CT molecular complexity index is 378. The Kier molecular flexibility index (Phi) is 5.58. The fraction of sp³-hybridized carbons (Fsp3) is 0.538. The lowest BCUT2D eigenvalue weighted by Crippen LogP contribution is -2.38. The largest absolute Gasteiger partial charge is 0.384 e. The first-order chi connectivity index (χ1) is 8.60. The van der Waals surface area contributed by atoms with Gasteiger partial charge in [-0.05, 0) is 26.0 Å². The summed E-state index contributed by atoms with van der Waals surface area (Å²) in [6.45, 7) is 5.30. The number of likely N-dealkylation sites (N-methyl/N-ethyl adjacent to an activating group) is 1. The van der Waals surface area contributed by atoms with E-state index in [0.717, 1.165) is 12.2 Å². The summed E-state index contributed by atoms with van der Waals surface area (Å²) in [7, 11) is 3.38. The van der Waals surface area contributed by atoms with Crippen LogP contribution in [-0.4, -0.2) is 49.1 Å². The van der Waals surface area contributed by atoms with Crippen LogP contribution in [0.1, 0.15) is 24.3 Å². The molecule has 1 aromatic rings. The quantitative estimate of drug-likeness (QED) is 0.834. The minimum Gasteiger partial charge on any atom is -0.384 e. The Morgan fingerprint density at radius 3 is 2.78 bits per heavy atom. The van der Waals surface area contributed by atoms with Crippen molar-refractivity contribution in [2.24, 2.45) is 0 Å². The van der Waals surface area contributed by atoms with Gasteiger partial charge in [0.1, 0.15) is 5.69 Å². The predicted molar refractivity (Wildman–Crippen MR) is 71.8 cm³/mol. The predicted octanol–water partition coefficient (Wildman–Crippen LogP) is 1.62. The van der Waals surface area contributed by atoms with Gasteiger partial charge in [-0.1, -0.05) is 0 Å². The van der Waals surface area contributed by atoms with Crippen molar-refractivity contribution in [3.05, 3.63) is 24.0 Å². The Morgan fingerprint density at radius 1 is 1.56 bits per heavy atom. The second kappa shape index (κ2) is 6.96. The molecule has 100 valence electrons. The maximum absolute atomic E-state index is 12.1. The van der Waals surface area contributed by atoms with E-state index in [9.17, 15) is 4.79 Å². The SMILES string of the molecule is CCNc1ccc(C(=O)N(C)C(C)COC)nc1. The molecule has 0 aliphatic carbocycles. The molecule has 5 heteroatoms. The molecule has 0 spiro atoms. The molecule has 1 aromatic heterocycles. The summed E-state index contributed by atoms with van der Waals surface area (Å²) >= 11 is 0. The van der Waals surface area contributed by atoms with Crippen molar-refractivity contribution in [2.45, 2.75) is 19.9 Å². The van der Waals surface area contributed by atoms with Crippen LogP contribution in [0.3, 0.4) is 0 Å². The van der Waals surface area contributed by atoms with E-state index < -0.39 is 0 Å². The normalized spacial score (nSPS) is 12.0. The number of hydrogen-bond acceptors (Lipinski definition) is 4. The average Bonchev–Trinajstić information content (AvgIpc) is 2.38. The summed E-state index contributed by atoms with van der Waals surface area (Å²) < 4.78 is 5.04. The summed E-state index contributed by atoms with van der Waals surface area (Å²) in [5.74, 6) is -0.0948. The Morgan fingerprint density at radius 2 is 2.28 bits per heavy atom. The molecule has 0 aliphatic rings. The number of rotatable bonds is 6. The molecule has 18 heavy (non-hydrogen) atoms. The number of pyridine rings is 1. The van der Waals surface area contributed by atoms with Gasteiger partial charge in [-0.25, -0.2) is 4.98 Å². The van der Waals surface area contributed by atoms with Crippen LogP contribution in [0.5, 0.6) is 0 Å². The number of hydrogen-bond donors (Lipinski definition) is 1. The lowest BCUT2D eigenvalue weighted by Gasteiger charge is -2.23. The fourth-order valence-electron chi connectivity index (χ4n) is 1.56. The van der Waals surface area contributed by atoms with Crippen molar-refractivity contribution in [2.75, 3.05) is 32.6 Å². The molecule has 0 fully saturated rings. The van der Waals surface area contributed by atoms with Gasteiger partial charge < -0.3 is 15.0 Å². The van der Waals surface area contributed by atoms with Gasteiger partial charge in [-0.2, -0.15) is 0 Å². The molecule has 0 radical (unpaired) electrons. The number of nitrogens with one attached hydrogen (secondary N) is 1. The second-order valence-electron chi connectivity index (χ2n) is 4.18. The number of aromatic nitrogens is 1. The highest BCUT2D eigenvalue weighted by Gasteiger charge is 2.18. The highest BCUT2D eigenvalue weighted by atomic mass is 16.5. The first-order valence-corrected chi connectivity index (χ1v) is 6.06. The van der Waals surface area contributed by atoms with Gasteiger partial charge in [0.2, 0.25) is 0 Å². The zero-order valence-electron chi connectivity index (χ0n) is 11.4. The number of carbonyl (C=O) groups is 1. The van der Waals surface area contributed by atoms with Crippen LogP contribution in [-0.2, 0) is 4.74 Å². The van der Waals surface area contributed by atoms with Gasteiger partial charge in [-0.3, -0.25) is 4.79 Å². The van der Waals surface area contributed by atoms with Crippen LogP contribution in [0.4, 0.5) is 5.69 Å². The molecule has 0 aromatic carbocycles. The van der Waals surface area contributed by atoms with Crippen molar-refractivity contribution in [1.82, 2.24) is 9.88 Å². The minimum atomic E-state index is -0.0948. The van der Waals surface area contributed by atoms with E-state index in [-0.39, 0.29) is 11.9 Å². The molecule has 0 saturated heterocycles. The Hall–Kier alpha value is -1.62. The minimum absolute atomic E-state index is 0.0257. The van der Waals surface area contributed by atoms with Gasteiger partial charge in [0, 0.05) is 20.7 Å². The third-order valence-corrected chi connectivity index (χ3v) is 2.75. The number of carbonyl (C=O) groups excluding carboxylic acids is 1. The first kappa shape index (κ1) is 14.4. The summed E-state index contributed by atoms with van der Waals surface area (Å²) in [5.41, 5.74) is 1.36. The molecule has 1 N–H and O–H groups in total. The second-order valence-corrected chi connectivity index (χ2v) is 4.18. The van der Waals surface area contributed by atoms with E-state index in [2.05, 4.69) is 10.3 Å². The molecular formula is C13H21N3O2. The zero-order valence-corrected chi connectivity index (χ0v) is 11.4. The van der Waals surface area contributed by atoms with Crippen LogP contribution in [0.2, 0.25) is 0 Å². The van der Waals surface area contributed by atoms with E-state index in [1.807, 2.05) is 19.9 Å². The molecule has 0 saturated carbocycles. The molecular weight excluding hydrogens is 230 g/mol. The van der Waals surface area contributed by atoms with Gasteiger partial charge in [0.25, 0.3) is 5.91 Å². The van der Waals surface area contributed by atoms with E-state index in [1.54, 1.807) is 31.3 Å². The average molecular weight is 251 g/mol. The third kappa shape index (κ3) is 3.70. The maximum Gasteiger partial charge on any atom is 0.272 e. The Labute approximate surface area is 108 Å². The van der Waals surface area contributed by atoms with Crippen molar-refractivity contribution in [3.8, 4) is 0 Å². The van der Waals surface area contributed by atoms with Gasteiger partial charge >= 0.3 is 0 Å². The molecule has 5 nitrogen and oxygen atoms in total. The number of amides is 1. The van der Waals surface area contributed by atoms with Crippen LogP contribution < -0.4 is 5.32 Å². The van der Waals surface area contributed by atoms with Crippen LogP contribution >= 0.6 is 0 Å². The molecule has 1 heterocycles. The van der Waals surface area contributed by atoms with E-state index in [1.165, 1.54) is 0 Å². The molecule has 1 amide bonds. The van der Waals surface area contributed by atoms with Gasteiger partial charge in [0.15, 0.2) is 0 Å². The van der Waals surface area contributed by atoms with Gasteiger partial charge in [-0.15, -0.1) is 0 Å². The lowest BCUT2D eigenvalue weighted by molar-refractivity contribution is 0.0628. The molecule has 0 bridgehead atoms. The van der Waals surface area contributed by atoms with E-state index in [4.69, 9.17) is 4.74 Å². The first-order valence-electron chi connectivity index (χ1n) is 6.06. The summed E-state index contributed by atoms with van der Waals surface area (Å²) in [6, 6.07) is 3.62. The van der Waals surface area contributed by atoms with Crippen molar-refractivity contribution in [1.29, 1.82) is 0 Å². The smallest absolute Gasteiger partial charge is 0.272 e. The van der Waals surface area contributed by atoms with Crippen LogP contribution in [0.15, 0.2) is 18.3 Å². The molecule has 1 rings (SSSR count). The van der Waals surface area contributed by atoms with E-state index >= 15 is 0 Å². The van der Waals surface area contributed by atoms with Crippen molar-refractivity contribution >= 4 is 11.6 Å². The lowest BCUT2D eigenvalue weighted by atomic mass is 10.2. The highest BCUT2D eigenvalue weighted by molar-refractivity contribution is 5.92. The number of anilines is 1. The van der Waals surface area contributed by atoms with Gasteiger partial charge in [0.05, 0.1) is 24.5 Å². The van der Waals surface area contributed by atoms with Crippen LogP contribution in [0.25, 0.3) is 0 Å². The monoisotopic (exact) mass is 251 g/mol. The number of nitrogens with zero attached hydrogens (tertiary/aromatic N) is 2. The van der Waals surface area contributed by atoms with Crippen molar-refractivity contribution < 1.29 is 9.53 Å². The standard InChI is InChI=1S/C13H21N3O2/c1-5-14-11-6-7-12(15-8-11)13(17)16(3)10(2)9-18-4/h6-8,10,14H,5,9H2,1-4H3.